The van der Waals surface area contributed by atoms with E-state index < -0.39 is 10.5 Å². The molecule has 0 saturated heterocycles. The molecule has 1 atom stereocenters. The van der Waals surface area contributed by atoms with Gasteiger partial charge in [-0.15, -0.1) is 0 Å². The SMILES string of the molecule is CCCC(C)CC#S(=O)O. The van der Waals surface area contributed by atoms with Crippen LogP contribution >= 0.6 is 0 Å². The fraction of sp³-hybridized carbons (Fsp3) is 0.857. The van der Waals surface area contributed by atoms with Crippen molar-refractivity contribution in [1.82, 2.24) is 0 Å². The minimum atomic E-state index is -1.84. The summed E-state index contributed by atoms with van der Waals surface area (Å²) in [5.41, 5.74) is 0. The summed E-state index contributed by atoms with van der Waals surface area (Å²) in [6.07, 6.45) is 2.85. The third-order valence-corrected chi connectivity index (χ3v) is 1.75. The molecule has 0 amide bonds. The van der Waals surface area contributed by atoms with Crippen LogP contribution in [0.2, 0.25) is 0 Å². The van der Waals surface area contributed by atoms with E-state index in [2.05, 4.69) is 19.0 Å². The average molecular weight is 162 g/mol. The summed E-state index contributed by atoms with van der Waals surface area (Å²) >= 11 is 0. The summed E-state index contributed by atoms with van der Waals surface area (Å²) < 4.78 is 18.4. The third-order valence-electron chi connectivity index (χ3n) is 1.34. The maximum atomic E-state index is 10.1. The van der Waals surface area contributed by atoms with E-state index in [4.69, 9.17) is 4.55 Å². The lowest BCUT2D eigenvalue weighted by molar-refractivity contribution is 0.537. The summed E-state index contributed by atoms with van der Waals surface area (Å²) in [5.74, 6) is 0.487. The molecule has 0 aliphatic carbocycles. The topological polar surface area (TPSA) is 37.3 Å². The van der Waals surface area contributed by atoms with Gasteiger partial charge in [0, 0.05) is 6.42 Å². The van der Waals surface area contributed by atoms with E-state index in [-0.39, 0.29) is 0 Å². The maximum Gasteiger partial charge on any atom is 0.158 e. The molecule has 1 N–H and O–H groups in total. The molecule has 0 aliphatic heterocycles. The van der Waals surface area contributed by atoms with Gasteiger partial charge >= 0.3 is 0 Å². The molecule has 0 rings (SSSR count). The van der Waals surface area contributed by atoms with Gasteiger partial charge in [0.25, 0.3) is 0 Å². The Bertz CT molecular complexity index is 200. The van der Waals surface area contributed by atoms with Crippen LogP contribution in [0, 0.1) is 11.1 Å². The normalized spacial score (nSPS) is 12.3. The van der Waals surface area contributed by atoms with Crippen LogP contribution < -0.4 is 0 Å². The van der Waals surface area contributed by atoms with E-state index in [0.717, 1.165) is 12.8 Å². The Hall–Kier alpha value is -0.240. The first-order valence-electron chi connectivity index (χ1n) is 3.51. The zero-order valence-corrected chi connectivity index (χ0v) is 7.28. The highest BCUT2D eigenvalue weighted by Crippen LogP contribution is 2.07. The first kappa shape index (κ1) is 9.76. The molecule has 3 heteroatoms. The highest BCUT2D eigenvalue weighted by Gasteiger charge is 1.96. The largest absolute Gasteiger partial charge is 0.281 e. The summed E-state index contributed by atoms with van der Waals surface area (Å²) in [6.45, 7) is 4.16. The van der Waals surface area contributed by atoms with Crippen molar-refractivity contribution in [2.75, 3.05) is 0 Å². The summed E-state index contributed by atoms with van der Waals surface area (Å²) in [7, 11) is -1.84. The monoisotopic (exact) mass is 162 g/mol. The van der Waals surface area contributed by atoms with Gasteiger partial charge in [0.15, 0.2) is 10.5 Å². The second-order valence-electron chi connectivity index (χ2n) is 2.49. The number of hydrogen-bond donors (Lipinski definition) is 1. The molecule has 0 aliphatic rings. The molecule has 60 valence electrons. The molecule has 0 aromatic rings. The van der Waals surface area contributed by atoms with E-state index in [0.29, 0.717) is 12.3 Å². The van der Waals surface area contributed by atoms with Crippen LogP contribution in [-0.4, -0.2) is 8.76 Å². The van der Waals surface area contributed by atoms with Gasteiger partial charge in [-0.05, 0) is 11.1 Å². The lowest BCUT2D eigenvalue weighted by Crippen LogP contribution is -1.90. The van der Waals surface area contributed by atoms with Crippen LogP contribution in [-0.2, 0) is 10.5 Å². The molecule has 0 bridgehead atoms. The molecule has 2 nitrogen and oxygen atoms in total. The smallest absolute Gasteiger partial charge is 0.158 e. The predicted molar refractivity (Wildman–Crippen MR) is 43.3 cm³/mol. The number of hydrogen-bond acceptors (Lipinski definition) is 1. The summed E-state index contributed by atoms with van der Waals surface area (Å²) in [5, 5.41) is 2.46. The van der Waals surface area contributed by atoms with Gasteiger partial charge < -0.3 is 0 Å². The summed E-state index contributed by atoms with van der Waals surface area (Å²) in [6, 6.07) is 0. The van der Waals surface area contributed by atoms with E-state index in [1.54, 1.807) is 0 Å². The minimum Gasteiger partial charge on any atom is -0.281 e. The van der Waals surface area contributed by atoms with E-state index in [1.807, 2.05) is 0 Å². The van der Waals surface area contributed by atoms with Gasteiger partial charge in [-0.25, -0.2) is 0 Å². The van der Waals surface area contributed by atoms with Crippen molar-refractivity contribution < 1.29 is 8.76 Å². The zero-order chi connectivity index (χ0) is 7.98. The Morgan fingerprint density at radius 1 is 1.70 bits per heavy atom. The molecule has 0 heterocycles. The van der Waals surface area contributed by atoms with Crippen LogP contribution in [0.3, 0.4) is 0 Å². The van der Waals surface area contributed by atoms with Crippen molar-refractivity contribution in [3.8, 4) is 5.18 Å². The quantitative estimate of drug-likeness (QED) is 0.644. The fourth-order valence-corrected chi connectivity index (χ4v) is 1.24. The van der Waals surface area contributed by atoms with E-state index >= 15 is 0 Å². The minimum absolute atomic E-state index is 0.487. The van der Waals surface area contributed by atoms with Crippen LogP contribution in [0.1, 0.15) is 33.1 Å². The van der Waals surface area contributed by atoms with Gasteiger partial charge in [-0.3, -0.25) is 4.55 Å². The molecule has 1 unspecified atom stereocenters. The van der Waals surface area contributed by atoms with Gasteiger partial charge in [-0.2, -0.15) is 4.21 Å². The van der Waals surface area contributed by atoms with Crippen molar-refractivity contribution in [3.05, 3.63) is 0 Å². The second-order valence-corrected chi connectivity index (χ2v) is 3.28. The summed E-state index contributed by atoms with van der Waals surface area (Å²) in [4.78, 5) is 0. The van der Waals surface area contributed by atoms with Crippen LogP contribution in [0.5, 0.6) is 0 Å². The zero-order valence-electron chi connectivity index (χ0n) is 6.46. The van der Waals surface area contributed by atoms with E-state index in [1.165, 1.54) is 0 Å². The van der Waals surface area contributed by atoms with Crippen molar-refractivity contribution in [1.29, 1.82) is 0 Å². The van der Waals surface area contributed by atoms with Crippen molar-refractivity contribution in [2.24, 2.45) is 5.92 Å². The van der Waals surface area contributed by atoms with Gasteiger partial charge in [0.1, 0.15) is 0 Å². The molecular formula is C7H14O2S. The standard InChI is InChI=1S/C7H14O2S/c1-3-4-7(2)5-6-10(8)9/h7H,3-5H2,1-2H3,(H,8,9). The second kappa shape index (κ2) is 5.54. The molecule has 0 spiro atoms. The van der Waals surface area contributed by atoms with Gasteiger partial charge in [-0.1, -0.05) is 26.7 Å². The molecule has 10 heavy (non-hydrogen) atoms. The highest BCUT2D eigenvalue weighted by atomic mass is 32.2. The van der Waals surface area contributed by atoms with Gasteiger partial charge in [0.05, 0.1) is 0 Å². The van der Waals surface area contributed by atoms with E-state index in [9.17, 15) is 4.21 Å². The van der Waals surface area contributed by atoms with Gasteiger partial charge in [0.2, 0.25) is 0 Å². The Morgan fingerprint density at radius 3 is 2.70 bits per heavy atom. The Labute approximate surface area is 64.1 Å². The Morgan fingerprint density at radius 2 is 2.30 bits per heavy atom. The molecule has 0 radical (unpaired) electrons. The first-order chi connectivity index (χ1) is 4.66. The molecule has 0 aromatic heterocycles. The van der Waals surface area contributed by atoms with Crippen LogP contribution in [0.4, 0.5) is 0 Å². The first-order valence-corrected chi connectivity index (χ1v) is 4.61. The Balaban J connectivity index is 3.59. The fourth-order valence-electron chi connectivity index (χ4n) is 0.808. The van der Waals surface area contributed by atoms with Crippen molar-refractivity contribution in [2.45, 2.75) is 33.1 Å². The molecular weight excluding hydrogens is 148 g/mol. The third kappa shape index (κ3) is 5.89. The van der Waals surface area contributed by atoms with Crippen molar-refractivity contribution >= 4 is 10.5 Å². The number of rotatable bonds is 3. The molecule has 0 fully saturated rings. The van der Waals surface area contributed by atoms with Crippen molar-refractivity contribution in [3.63, 3.8) is 0 Å². The lowest BCUT2D eigenvalue weighted by Gasteiger charge is -2.01. The highest BCUT2D eigenvalue weighted by molar-refractivity contribution is 7.68. The lowest BCUT2D eigenvalue weighted by atomic mass is 10.0. The molecule has 0 saturated carbocycles. The predicted octanol–water partition coefficient (Wildman–Crippen LogP) is 1.99. The van der Waals surface area contributed by atoms with Crippen LogP contribution in [0.25, 0.3) is 0 Å². The van der Waals surface area contributed by atoms with Crippen LogP contribution in [0.15, 0.2) is 0 Å². The Kier molecular flexibility index (Phi) is 5.40. The average Bonchev–Trinajstić information content (AvgIpc) is 1.85. The molecule has 0 aromatic carbocycles. The maximum absolute atomic E-state index is 10.1.